The number of hydrogen-bond acceptors (Lipinski definition) is 9. The van der Waals surface area contributed by atoms with E-state index in [4.69, 9.17) is 18.9 Å². The fourth-order valence-corrected chi connectivity index (χ4v) is 4.73. The average Bonchev–Trinajstić information content (AvgIpc) is 3.05. The number of nitriles is 1. The molecule has 0 aromatic rings. The van der Waals surface area contributed by atoms with Crippen molar-refractivity contribution in [1.29, 1.82) is 5.26 Å². The molecular weight excluding hydrogens is 318 g/mol. The molecule has 0 aromatic carbocycles. The van der Waals surface area contributed by atoms with E-state index in [9.17, 15) is 18.0 Å². The molecule has 6 atom stereocenters. The van der Waals surface area contributed by atoms with Gasteiger partial charge in [-0.1, -0.05) is 6.58 Å². The number of fused-ring (bicyclic) bond motifs is 1. The zero-order valence-electron chi connectivity index (χ0n) is 11.1. The third kappa shape index (κ3) is 2.09. The van der Waals surface area contributed by atoms with Gasteiger partial charge in [0.15, 0.2) is 18.0 Å². The Balaban J connectivity index is 1.74. The Bertz CT molecular complexity index is 680. The zero-order chi connectivity index (χ0) is 16.1. The van der Waals surface area contributed by atoms with Crippen molar-refractivity contribution in [2.75, 3.05) is 6.61 Å². The first kappa shape index (κ1) is 15.0. The van der Waals surface area contributed by atoms with Crippen molar-refractivity contribution in [3.8, 4) is 6.07 Å². The molecule has 3 heterocycles. The Morgan fingerprint density at radius 2 is 2.05 bits per heavy atom. The predicted octanol–water partition coefficient (Wildman–Crippen LogP) is -1.35. The number of nitrogens with zero attached hydrogens (tertiary/aromatic N) is 1. The lowest BCUT2D eigenvalue weighted by molar-refractivity contribution is -0.162. The smallest absolute Gasteiger partial charge is 0.344 e. The summed E-state index contributed by atoms with van der Waals surface area (Å²) in [4.78, 5) is 22.5. The summed E-state index contributed by atoms with van der Waals surface area (Å²) >= 11 is 0. The van der Waals surface area contributed by atoms with Crippen LogP contribution in [-0.4, -0.2) is 56.6 Å². The van der Waals surface area contributed by atoms with Gasteiger partial charge in [-0.3, -0.25) is 4.18 Å². The van der Waals surface area contributed by atoms with Gasteiger partial charge in [0, 0.05) is 6.08 Å². The van der Waals surface area contributed by atoms with E-state index in [0.29, 0.717) is 0 Å². The highest BCUT2D eigenvalue weighted by molar-refractivity contribution is 7.87. The number of rotatable bonds is 4. The van der Waals surface area contributed by atoms with Gasteiger partial charge in [-0.2, -0.15) is 13.7 Å². The quantitative estimate of drug-likeness (QED) is 0.349. The van der Waals surface area contributed by atoms with Gasteiger partial charge in [0.05, 0.1) is 6.07 Å². The van der Waals surface area contributed by atoms with E-state index in [1.165, 1.54) is 0 Å². The summed E-state index contributed by atoms with van der Waals surface area (Å²) in [5.41, 5.74) is 0. The highest BCUT2D eigenvalue weighted by Crippen LogP contribution is 2.50. The molecule has 3 saturated heterocycles. The number of hydrogen-bond donors (Lipinski definition) is 0. The van der Waals surface area contributed by atoms with Crippen LogP contribution in [0.1, 0.15) is 0 Å². The highest BCUT2D eigenvalue weighted by Gasteiger charge is 2.72. The second-order valence-electron chi connectivity index (χ2n) is 5.00. The van der Waals surface area contributed by atoms with Crippen molar-refractivity contribution in [3.63, 3.8) is 0 Å². The maximum atomic E-state index is 11.9. The lowest BCUT2D eigenvalue weighted by atomic mass is 9.85. The Hall–Kier alpha value is -1.96. The Morgan fingerprint density at radius 3 is 2.68 bits per heavy atom. The number of ether oxygens (including phenoxy) is 3. The minimum atomic E-state index is -3.98. The molecule has 0 amide bonds. The summed E-state index contributed by atoms with van der Waals surface area (Å²) in [6.07, 6.45) is -2.85. The summed E-state index contributed by atoms with van der Waals surface area (Å²) < 4.78 is 43.8. The topological polar surface area (TPSA) is 129 Å². The average molecular weight is 329 g/mol. The van der Waals surface area contributed by atoms with Crippen molar-refractivity contribution in [3.05, 3.63) is 12.7 Å². The second kappa shape index (κ2) is 5.05. The minimum Gasteiger partial charge on any atom is -0.455 e. The SMILES string of the molecule is C=CC(=O)OCC(=O)OC1C2OC3C(OS(=O)(=O)C13)C2C#N. The Kier molecular flexibility index (Phi) is 3.43. The summed E-state index contributed by atoms with van der Waals surface area (Å²) in [7, 11) is -3.98. The molecule has 2 bridgehead atoms. The lowest BCUT2D eigenvalue weighted by Gasteiger charge is -2.24. The van der Waals surface area contributed by atoms with Crippen LogP contribution in [0.4, 0.5) is 0 Å². The molecule has 0 aromatic heterocycles. The van der Waals surface area contributed by atoms with Gasteiger partial charge < -0.3 is 14.2 Å². The standard InChI is InChI=1S/C12H11NO8S/c1-2-6(14)18-4-7(15)19-10-8-5(3-13)9-11(20-8)12(10)22(16,17)21-9/h2,5,8-12H,1,4H2. The van der Waals surface area contributed by atoms with E-state index >= 15 is 0 Å². The number of carbonyl (C=O) groups excluding carboxylic acids is 2. The molecule has 118 valence electrons. The molecule has 3 fully saturated rings. The van der Waals surface area contributed by atoms with E-state index in [-0.39, 0.29) is 0 Å². The first-order valence-electron chi connectivity index (χ1n) is 6.35. The second-order valence-corrected chi connectivity index (χ2v) is 6.73. The summed E-state index contributed by atoms with van der Waals surface area (Å²) in [6.45, 7) is 2.48. The van der Waals surface area contributed by atoms with Gasteiger partial charge in [0.2, 0.25) is 0 Å². The van der Waals surface area contributed by atoms with Crippen molar-refractivity contribution < 1.29 is 36.4 Å². The molecule has 0 N–H and O–H groups in total. The fraction of sp³-hybridized carbons (Fsp3) is 0.583. The van der Waals surface area contributed by atoms with Gasteiger partial charge in [-0.05, 0) is 0 Å². The third-order valence-corrected chi connectivity index (χ3v) is 5.51. The molecule has 3 aliphatic rings. The van der Waals surface area contributed by atoms with Gasteiger partial charge >= 0.3 is 11.9 Å². The van der Waals surface area contributed by atoms with Crippen molar-refractivity contribution in [1.82, 2.24) is 0 Å². The van der Waals surface area contributed by atoms with Gasteiger partial charge in [-0.25, -0.2) is 9.59 Å². The van der Waals surface area contributed by atoms with Crippen LogP contribution >= 0.6 is 0 Å². The molecule has 9 nitrogen and oxygen atoms in total. The van der Waals surface area contributed by atoms with Crippen LogP contribution in [0.2, 0.25) is 0 Å². The normalized spacial score (nSPS) is 40.0. The van der Waals surface area contributed by atoms with Crippen LogP contribution in [-0.2, 0) is 38.1 Å². The van der Waals surface area contributed by atoms with Crippen molar-refractivity contribution in [2.24, 2.45) is 5.92 Å². The van der Waals surface area contributed by atoms with Crippen molar-refractivity contribution in [2.45, 2.75) is 29.7 Å². The zero-order valence-corrected chi connectivity index (χ0v) is 11.9. The fourth-order valence-electron chi connectivity index (χ4n) is 2.97. The first-order valence-corrected chi connectivity index (χ1v) is 7.82. The van der Waals surface area contributed by atoms with Crippen molar-refractivity contribution >= 4 is 22.1 Å². The minimum absolute atomic E-state index is 0.687. The summed E-state index contributed by atoms with van der Waals surface area (Å²) in [6, 6.07) is 1.92. The molecule has 22 heavy (non-hydrogen) atoms. The number of carbonyl (C=O) groups is 2. The Morgan fingerprint density at radius 1 is 1.32 bits per heavy atom. The van der Waals surface area contributed by atoms with E-state index < -0.39 is 64.2 Å². The van der Waals surface area contributed by atoms with Crippen LogP contribution in [0.25, 0.3) is 0 Å². The Labute approximate surface area is 125 Å². The van der Waals surface area contributed by atoms with E-state index in [2.05, 4.69) is 11.3 Å². The first-order chi connectivity index (χ1) is 10.4. The van der Waals surface area contributed by atoms with Crippen LogP contribution in [0.5, 0.6) is 0 Å². The maximum Gasteiger partial charge on any atom is 0.344 e. The molecule has 10 heteroatoms. The largest absolute Gasteiger partial charge is 0.455 e. The number of esters is 2. The maximum absolute atomic E-state index is 11.9. The lowest BCUT2D eigenvalue weighted by Crippen LogP contribution is -2.47. The molecule has 6 unspecified atom stereocenters. The van der Waals surface area contributed by atoms with Gasteiger partial charge in [0.1, 0.15) is 24.2 Å². The van der Waals surface area contributed by atoms with E-state index in [1.54, 1.807) is 0 Å². The molecule has 3 aliphatic heterocycles. The highest BCUT2D eigenvalue weighted by atomic mass is 32.2. The molecule has 0 aliphatic carbocycles. The van der Waals surface area contributed by atoms with E-state index in [0.717, 1.165) is 6.08 Å². The molecule has 0 radical (unpaired) electrons. The predicted molar refractivity (Wildman–Crippen MR) is 66.4 cm³/mol. The van der Waals surface area contributed by atoms with E-state index in [1.807, 2.05) is 6.07 Å². The van der Waals surface area contributed by atoms with Crippen LogP contribution < -0.4 is 0 Å². The van der Waals surface area contributed by atoms with Gasteiger partial charge in [0.25, 0.3) is 10.1 Å². The molecule has 0 saturated carbocycles. The monoisotopic (exact) mass is 329 g/mol. The third-order valence-electron chi connectivity index (χ3n) is 3.81. The summed E-state index contributed by atoms with van der Waals surface area (Å²) in [5.74, 6) is -2.59. The summed E-state index contributed by atoms with van der Waals surface area (Å²) in [5, 5.41) is 7.95. The molecule has 3 rings (SSSR count). The molecule has 0 spiro atoms. The van der Waals surface area contributed by atoms with Crippen LogP contribution in [0, 0.1) is 17.2 Å². The van der Waals surface area contributed by atoms with Crippen LogP contribution in [0.3, 0.4) is 0 Å². The van der Waals surface area contributed by atoms with Crippen LogP contribution in [0.15, 0.2) is 12.7 Å². The molecular formula is C12H11NO8S. The van der Waals surface area contributed by atoms with Gasteiger partial charge in [-0.15, -0.1) is 0 Å².